The van der Waals surface area contributed by atoms with Crippen LogP contribution in [0.4, 0.5) is 10.8 Å². The second kappa shape index (κ2) is 14.0. The van der Waals surface area contributed by atoms with Gasteiger partial charge < -0.3 is 29.5 Å². The molecule has 11 heteroatoms. The maximum absolute atomic E-state index is 13.3. The number of nitrogens with one attached hydrogen (secondary N) is 1. The van der Waals surface area contributed by atoms with Crippen molar-refractivity contribution in [2.45, 2.75) is 31.7 Å². The summed E-state index contributed by atoms with van der Waals surface area (Å²) in [6.45, 7) is 10.6. The number of rotatable bonds is 10. The molecular weight excluding hydrogens is 550 g/mol. The van der Waals surface area contributed by atoms with Crippen LogP contribution in [0.25, 0.3) is 10.9 Å². The molecular formula is C31H43N7O3S. The lowest BCUT2D eigenvalue weighted by molar-refractivity contribution is -0.122. The Morgan fingerprint density at radius 1 is 1.00 bits per heavy atom. The van der Waals surface area contributed by atoms with E-state index in [2.05, 4.69) is 37.0 Å². The van der Waals surface area contributed by atoms with Gasteiger partial charge in [-0.2, -0.15) is 0 Å². The molecule has 10 nitrogen and oxygen atoms in total. The number of benzene rings is 1. The summed E-state index contributed by atoms with van der Waals surface area (Å²) in [5, 5.41) is 5.35. The van der Waals surface area contributed by atoms with Crippen LogP contribution >= 0.6 is 11.3 Å². The zero-order valence-electron chi connectivity index (χ0n) is 24.7. The van der Waals surface area contributed by atoms with Crippen LogP contribution in [0.1, 0.15) is 36.6 Å². The van der Waals surface area contributed by atoms with Crippen molar-refractivity contribution < 1.29 is 14.3 Å². The maximum atomic E-state index is 13.3. The van der Waals surface area contributed by atoms with Crippen LogP contribution in [0.15, 0.2) is 36.7 Å². The first-order chi connectivity index (χ1) is 20.7. The molecule has 0 spiro atoms. The third kappa shape index (κ3) is 6.80. The van der Waals surface area contributed by atoms with E-state index in [9.17, 15) is 4.79 Å². The Labute approximate surface area is 252 Å². The highest BCUT2D eigenvalue weighted by Gasteiger charge is 2.30. The first-order valence-corrected chi connectivity index (χ1v) is 16.2. The van der Waals surface area contributed by atoms with E-state index in [1.54, 1.807) is 18.4 Å². The summed E-state index contributed by atoms with van der Waals surface area (Å²) < 4.78 is 11.4. The Hall–Kier alpha value is -2.99. The molecule has 1 N–H and O–H groups in total. The van der Waals surface area contributed by atoms with Crippen molar-refractivity contribution in [2.75, 3.05) is 95.6 Å². The molecule has 0 saturated carbocycles. The number of nitrogens with zero attached hydrogens (tertiary/aromatic N) is 6. The number of morpholine rings is 1. The Morgan fingerprint density at radius 3 is 2.69 bits per heavy atom. The monoisotopic (exact) mass is 593 g/mol. The average molecular weight is 594 g/mol. The number of methoxy groups -OCH3 is 1. The van der Waals surface area contributed by atoms with Crippen molar-refractivity contribution in [1.82, 2.24) is 25.1 Å². The quantitative estimate of drug-likeness (QED) is 0.380. The molecule has 5 heterocycles. The van der Waals surface area contributed by atoms with Gasteiger partial charge >= 0.3 is 0 Å². The van der Waals surface area contributed by atoms with E-state index in [0.29, 0.717) is 13.0 Å². The number of anilines is 2. The highest BCUT2D eigenvalue weighted by Crippen LogP contribution is 2.37. The van der Waals surface area contributed by atoms with Crippen LogP contribution in [0.3, 0.4) is 0 Å². The minimum atomic E-state index is -0.0171. The van der Waals surface area contributed by atoms with E-state index in [0.717, 1.165) is 111 Å². The van der Waals surface area contributed by atoms with Crippen LogP contribution in [0.5, 0.6) is 5.75 Å². The summed E-state index contributed by atoms with van der Waals surface area (Å²) in [6.07, 6.45) is 7.79. The molecule has 0 radical (unpaired) electrons. The highest BCUT2D eigenvalue weighted by atomic mass is 32.1. The lowest BCUT2D eigenvalue weighted by atomic mass is 10.1. The molecule has 1 atom stereocenters. The molecule has 3 aliphatic rings. The van der Waals surface area contributed by atoms with Gasteiger partial charge in [-0.25, -0.2) is 4.98 Å². The normalized spacial score (nSPS) is 19.6. The van der Waals surface area contributed by atoms with Crippen molar-refractivity contribution in [1.29, 1.82) is 0 Å². The Kier molecular flexibility index (Phi) is 9.69. The summed E-state index contributed by atoms with van der Waals surface area (Å²) in [7, 11) is 1.73. The molecule has 3 aromatic rings. The number of hydrogen-bond donors (Lipinski definition) is 1. The number of ether oxygens (including phenoxy) is 2. The number of thiazole rings is 1. The minimum absolute atomic E-state index is 0.0171. The van der Waals surface area contributed by atoms with Crippen molar-refractivity contribution >= 4 is 39.0 Å². The van der Waals surface area contributed by atoms with Gasteiger partial charge in [-0.3, -0.25) is 14.7 Å². The fraction of sp³-hybridized carbons (Fsp3) is 0.581. The molecule has 1 unspecified atom stereocenters. The van der Waals surface area contributed by atoms with Gasteiger partial charge in [-0.15, -0.1) is 11.3 Å². The van der Waals surface area contributed by atoms with Crippen LogP contribution < -0.4 is 19.9 Å². The predicted octanol–water partition coefficient (Wildman–Crippen LogP) is 3.39. The predicted molar refractivity (Wildman–Crippen MR) is 168 cm³/mol. The van der Waals surface area contributed by atoms with Gasteiger partial charge in [0.15, 0.2) is 5.13 Å². The van der Waals surface area contributed by atoms with Crippen LogP contribution in [0, 0.1) is 0 Å². The molecule has 2 aromatic heterocycles. The second-order valence-corrected chi connectivity index (χ2v) is 12.4. The molecule has 3 saturated heterocycles. The summed E-state index contributed by atoms with van der Waals surface area (Å²) in [6, 6.07) is 8.18. The van der Waals surface area contributed by atoms with Crippen LogP contribution in [-0.4, -0.2) is 111 Å². The molecule has 1 amide bonds. The third-order valence-electron chi connectivity index (χ3n) is 8.67. The van der Waals surface area contributed by atoms with E-state index in [1.165, 1.54) is 12.8 Å². The molecule has 3 fully saturated rings. The van der Waals surface area contributed by atoms with Gasteiger partial charge in [0.05, 0.1) is 31.9 Å². The van der Waals surface area contributed by atoms with Crippen molar-refractivity contribution in [2.24, 2.45) is 0 Å². The molecule has 226 valence electrons. The standard InChI is InChI=1S/C31H43N7O3S/c1-40-26-8-7-24-6-4-9-33-29(24)30(26)37-14-5-13-36(16-17-37)25(22-28(39)32-10-15-35-11-2-3-12-35)27-23-34-31(42-27)38-18-20-41-21-19-38/h4,6-9,23,25H,2-3,5,10-22H2,1H3,(H,32,39). The van der Waals surface area contributed by atoms with Gasteiger partial charge in [0.25, 0.3) is 0 Å². The number of amides is 1. The van der Waals surface area contributed by atoms with E-state index >= 15 is 0 Å². The van der Waals surface area contributed by atoms with Crippen LogP contribution in [-0.2, 0) is 9.53 Å². The Balaban J connectivity index is 1.19. The maximum Gasteiger partial charge on any atom is 0.222 e. The number of fused-ring (bicyclic) bond motifs is 1. The summed E-state index contributed by atoms with van der Waals surface area (Å²) in [5.74, 6) is 0.961. The number of hydrogen-bond acceptors (Lipinski definition) is 10. The van der Waals surface area contributed by atoms with Gasteiger partial charge in [0.2, 0.25) is 5.91 Å². The van der Waals surface area contributed by atoms with Gasteiger partial charge in [0.1, 0.15) is 11.4 Å². The fourth-order valence-corrected chi connectivity index (χ4v) is 7.50. The van der Waals surface area contributed by atoms with E-state index < -0.39 is 0 Å². The Morgan fingerprint density at radius 2 is 1.86 bits per heavy atom. The summed E-state index contributed by atoms with van der Waals surface area (Å²) >= 11 is 1.73. The summed E-state index contributed by atoms with van der Waals surface area (Å²) in [5.41, 5.74) is 2.03. The third-order valence-corrected chi connectivity index (χ3v) is 9.83. The number of pyridine rings is 1. The molecule has 3 aliphatic heterocycles. The SMILES string of the molecule is COc1ccc2cccnc2c1N1CCCN(C(CC(=O)NCCN2CCCC2)c2cnc(N3CCOCC3)s2)CC1. The van der Waals surface area contributed by atoms with Crippen molar-refractivity contribution in [3.8, 4) is 5.75 Å². The van der Waals surface area contributed by atoms with Crippen molar-refractivity contribution in [3.63, 3.8) is 0 Å². The van der Waals surface area contributed by atoms with E-state index in [-0.39, 0.29) is 11.9 Å². The van der Waals surface area contributed by atoms with Gasteiger partial charge in [0, 0.05) is 81.4 Å². The Bertz CT molecular complexity index is 1320. The van der Waals surface area contributed by atoms with Crippen LogP contribution in [0.2, 0.25) is 0 Å². The molecule has 6 rings (SSSR count). The zero-order valence-corrected chi connectivity index (χ0v) is 25.5. The average Bonchev–Trinajstić information content (AvgIpc) is 3.68. The van der Waals surface area contributed by atoms with E-state index in [4.69, 9.17) is 19.4 Å². The molecule has 42 heavy (non-hydrogen) atoms. The lowest BCUT2D eigenvalue weighted by Gasteiger charge is -2.30. The van der Waals surface area contributed by atoms with Gasteiger partial charge in [-0.1, -0.05) is 6.07 Å². The van der Waals surface area contributed by atoms with E-state index in [1.807, 2.05) is 24.5 Å². The zero-order chi connectivity index (χ0) is 28.7. The molecule has 0 aliphatic carbocycles. The summed E-state index contributed by atoms with van der Waals surface area (Å²) in [4.78, 5) is 33.7. The second-order valence-electron chi connectivity index (χ2n) is 11.3. The molecule has 0 bridgehead atoms. The fourth-order valence-electron chi connectivity index (χ4n) is 6.40. The number of carbonyl (C=O) groups is 1. The van der Waals surface area contributed by atoms with Crippen molar-refractivity contribution in [3.05, 3.63) is 41.5 Å². The minimum Gasteiger partial charge on any atom is -0.494 e. The molecule has 1 aromatic carbocycles. The number of aromatic nitrogens is 2. The number of likely N-dealkylation sites (tertiary alicyclic amines) is 1. The van der Waals surface area contributed by atoms with Gasteiger partial charge in [-0.05, 0) is 50.6 Å². The lowest BCUT2D eigenvalue weighted by Crippen LogP contribution is -2.38. The first kappa shape index (κ1) is 29.1. The first-order valence-electron chi connectivity index (χ1n) is 15.4. The largest absolute Gasteiger partial charge is 0.494 e. The number of carbonyl (C=O) groups excluding carboxylic acids is 1. The smallest absolute Gasteiger partial charge is 0.222 e. The topological polar surface area (TPSA) is 86.3 Å². The highest BCUT2D eigenvalue weighted by molar-refractivity contribution is 7.15.